The number of hydrogen-bond donors (Lipinski definition) is 1. The second-order valence-electron chi connectivity index (χ2n) is 2.57. The van der Waals surface area contributed by atoms with Crippen molar-refractivity contribution in [1.82, 2.24) is 5.32 Å². The molecule has 0 radical (unpaired) electrons. The van der Waals surface area contributed by atoms with Crippen molar-refractivity contribution in [3.63, 3.8) is 0 Å². The topological polar surface area (TPSA) is 59.6 Å². The van der Waals surface area contributed by atoms with Gasteiger partial charge in [0.2, 0.25) is 0 Å². The van der Waals surface area contributed by atoms with Gasteiger partial charge in [0, 0.05) is 0 Å². The molecule has 0 fully saturated rings. The maximum atomic E-state index is 13.3. The summed E-state index contributed by atoms with van der Waals surface area (Å²) in [7, 11) is 0.748. The summed E-state index contributed by atoms with van der Waals surface area (Å²) >= 11 is 0. The van der Waals surface area contributed by atoms with E-state index in [9.17, 15) is 13.2 Å². The number of nitriles is 2. The van der Waals surface area contributed by atoms with Gasteiger partial charge >= 0.3 is 18.1 Å². The molecule has 0 amide bonds. The zero-order valence-corrected chi connectivity index (χ0v) is 6.48. The molecule has 0 aromatic rings. The Morgan fingerprint density at radius 3 is 2.31 bits per heavy atom. The number of halogens is 3. The fourth-order valence-corrected chi connectivity index (χ4v) is 0.881. The Bertz CT molecular complexity index is 365. The van der Waals surface area contributed by atoms with Crippen LogP contribution in [-0.2, 0) is 0 Å². The zero-order chi connectivity index (χ0) is 10.3. The zero-order valence-electron chi connectivity index (χ0n) is 6.48. The molecule has 0 saturated carbocycles. The van der Waals surface area contributed by atoms with Crippen LogP contribution < -0.4 is 5.32 Å². The van der Waals surface area contributed by atoms with Crippen molar-refractivity contribution in [3.8, 4) is 12.3 Å². The maximum Gasteiger partial charge on any atom is 0.434 e. The van der Waals surface area contributed by atoms with E-state index in [4.69, 9.17) is 10.5 Å². The van der Waals surface area contributed by atoms with Crippen LogP contribution in [0.25, 0.3) is 0 Å². The lowest BCUT2D eigenvalue weighted by Gasteiger charge is -2.23. The van der Waals surface area contributed by atoms with Crippen LogP contribution in [0.15, 0.2) is 11.9 Å². The first-order chi connectivity index (χ1) is 5.91. The van der Waals surface area contributed by atoms with Gasteiger partial charge in [-0.15, -0.1) is 18.5 Å². The minimum absolute atomic E-state index is 0.748. The van der Waals surface area contributed by atoms with Crippen LogP contribution in [0, 0.1) is 22.8 Å². The predicted molar refractivity (Wildman–Crippen MR) is 33.6 cm³/mol. The Morgan fingerprint density at radius 2 is 2.00 bits per heavy atom. The van der Waals surface area contributed by atoms with Crippen LogP contribution >= 0.6 is 0 Å². The van der Waals surface area contributed by atoms with Crippen LogP contribution in [0.4, 0.5) is 13.2 Å². The second kappa shape index (κ2) is 2.38. The van der Waals surface area contributed by atoms with Gasteiger partial charge in [0.1, 0.15) is 0 Å². The van der Waals surface area contributed by atoms with E-state index < -0.39 is 22.3 Å². The van der Waals surface area contributed by atoms with E-state index in [0.717, 1.165) is 13.1 Å². The van der Waals surface area contributed by atoms with Crippen molar-refractivity contribution in [3.05, 3.63) is 11.9 Å². The quantitative estimate of drug-likeness (QED) is 0.347. The summed E-state index contributed by atoms with van der Waals surface area (Å²) in [6.45, 7) is 0. The summed E-state index contributed by atoms with van der Waals surface area (Å²) in [6, 6.07) is 0.993. The van der Waals surface area contributed by atoms with Gasteiger partial charge in [-0.3, -0.25) is 5.32 Å². The van der Waals surface area contributed by atoms with Gasteiger partial charge in [0.15, 0.2) is 6.07 Å². The number of quaternary nitrogens is 1. The first-order valence-corrected chi connectivity index (χ1v) is 3.13. The lowest BCUT2D eigenvalue weighted by Crippen LogP contribution is -2.56. The van der Waals surface area contributed by atoms with Crippen molar-refractivity contribution >= 4 is 0 Å². The molecule has 1 aliphatic heterocycles. The Balaban J connectivity index is 3.32. The standard InChI is InChI=1S/C6H4F3N4/c1-13(3-11)5(8)4(7)12-6(13,9)2-10/h12H,1H3/q+1. The molecule has 1 N–H and O–H groups in total. The molecule has 0 bridgehead atoms. The molecule has 68 valence electrons. The van der Waals surface area contributed by atoms with E-state index in [1.165, 1.54) is 11.5 Å². The molecule has 1 aliphatic rings. The van der Waals surface area contributed by atoms with Crippen molar-refractivity contribution in [2.75, 3.05) is 7.05 Å². The van der Waals surface area contributed by atoms with E-state index in [1.807, 2.05) is 0 Å². The normalized spacial score (nSPS) is 38.0. The highest BCUT2D eigenvalue weighted by Gasteiger charge is 2.63. The van der Waals surface area contributed by atoms with Crippen LogP contribution in [-0.4, -0.2) is 17.4 Å². The highest BCUT2D eigenvalue weighted by atomic mass is 19.2. The Kier molecular flexibility index (Phi) is 1.71. The third-order valence-corrected chi connectivity index (χ3v) is 1.81. The Morgan fingerprint density at radius 1 is 1.46 bits per heavy atom. The predicted octanol–water partition coefficient (Wildman–Crippen LogP) is 0.730. The van der Waals surface area contributed by atoms with E-state index in [-0.39, 0.29) is 0 Å². The molecule has 0 spiro atoms. The summed E-state index contributed by atoms with van der Waals surface area (Å²) in [5, 5.41) is 18.1. The smallest absolute Gasteiger partial charge is 0.260 e. The van der Waals surface area contributed by atoms with Crippen LogP contribution in [0.5, 0.6) is 0 Å². The van der Waals surface area contributed by atoms with Crippen molar-refractivity contribution in [2.45, 2.75) is 5.92 Å². The molecule has 0 aromatic heterocycles. The van der Waals surface area contributed by atoms with Crippen molar-refractivity contribution in [2.24, 2.45) is 0 Å². The van der Waals surface area contributed by atoms with E-state index in [2.05, 4.69) is 0 Å². The van der Waals surface area contributed by atoms with Crippen molar-refractivity contribution < 1.29 is 17.7 Å². The molecular formula is C6H4F3N4+. The molecule has 13 heavy (non-hydrogen) atoms. The van der Waals surface area contributed by atoms with Crippen LogP contribution in [0.2, 0.25) is 0 Å². The highest BCUT2D eigenvalue weighted by Crippen LogP contribution is 2.36. The average Bonchev–Trinajstić information content (AvgIpc) is 2.29. The fraction of sp³-hybridized carbons (Fsp3) is 0.333. The molecule has 1 rings (SSSR count). The highest BCUT2D eigenvalue weighted by molar-refractivity contribution is 5.11. The summed E-state index contributed by atoms with van der Waals surface area (Å²) in [4.78, 5) is 0. The summed E-state index contributed by atoms with van der Waals surface area (Å²) in [6.07, 6.45) is 1.17. The minimum Gasteiger partial charge on any atom is -0.260 e. The molecule has 2 unspecified atom stereocenters. The first kappa shape index (κ1) is 9.36. The van der Waals surface area contributed by atoms with Gasteiger partial charge in [0.25, 0.3) is 5.95 Å². The van der Waals surface area contributed by atoms with Gasteiger partial charge in [0.05, 0.1) is 7.05 Å². The average molecular weight is 189 g/mol. The molecule has 0 saturated heterocycles. The van der Waals surface area contributed by atoms with Gasteiger partial charge in [-0.1, -0.05) is 0 Å². The third-order valence-electron chi connectivity index (χ3n) is 1.81. The van der Waals surface area contributed by atoms with Gasteiger partial charge in [-0.2, -0.15) is 9.65 Å². The Labute approximate surface area is 71.7 Å². The van der Waals surface area contributed by atoms with E-state index >= 15 is 0 Å². The fourth-order valence-electron chi connectivity index (χ4n) is 0.881. The molecule has 1 heterocycles. The number of nitrogens with zero attached hydrogens (tertiary/aromatic N) is 3. The summed E-state index contributed by atoms with van der Waals surface area (Å²) in [5.74, 6) is -6.39. The van der Waals surface area contributed by atoms with Crippen molar-refractivity contribution in [1.29, 1.82) is 10.5 Å². The lowest BCUT2D eigenvalue weighted by molar-refractivity contribution is -0.878. The SMILES string of the molecule is C[N+]1(C#N)C(F)=C(F)NC1(F)C#N. The minimum atomic E-state index is -3.11. The van der Waals surface area contributed by atoms with Crippen LogP contribution in [0.3, 0.4) is 0 Å². The van der Waals surface area contributed by atoms with Gasteiger partial charge < -0.3 is 0 Å². The van der Waals surface area contributed by atoms with E-state index in [1.54, 1.807) is 0 Å². The maximum absolute atomic E-state index is 13.3. The van der Waals surface area contributed by atoms with E-state index in [0.29, 0.717) is 0 Å². The Hall–Kier alpha value is -1.73. The summed E-state index contributed by atoms with van der Waals surface area (Å²) in [5.41, 5.74) is 0. The number of nitrogens with one attached hydrogen (secondary N) is 1. The molecular weight excluding hydrogens is 185 g/mol. The molecule has 2 atom stereocenters. The molecule has 4 nitrogen and oxygen atoms in total. The number of alkyl halides is 1. The molecule has 7 heteroatoms. The number of hydrogen-bond acceptors (Lipinski definition) is 3. The lowest BCUT2D eigenvalue weighted by atomic mass is 10.4. The number of rotatable bonds is 0. The van der Waals surface area contributed by atoms with Gasteiger partial charge in [-0.25, -0.2) is 0 Å². The summed E-state index contributed by atoms with van der Waals surface area (Å²) < 4.78 is 37.0. The third kappa shape index (κ3) is 0.879. The largest absolute Gasteiger partial charge is 0.434 e. The monoisotopic (exact) mass is 189 g/mol. The van der Waals surface area contributed by atoms with Gasteiger partial charge in [-0.05, 0) is 0 Å². The van der Waals surface area contributed by atoms with Crippen LogP contribution in [0.1, 0.15) is 0 Å². The molecule has 0 aliphatic carbocycles. The molecule has 0 aromatic carbocycles. The second-order valence-corrected chi connectivity index (χ2v) is 2.57. The first-order valence-electron chi connectivity index (χ1n) is 3.13.